The number of piperidine rings is 1. The third kappa shape index (κ3) is 8.08. The van der Waals surface area contributed by atoms with Crippen molar-refractivity contribution in [1.29, 1.82) is 0 Å². The normalized spacial score (nSPS) is 35.0. The summed E-state index contributed by atoms with van der Waals surface area (Å²) in [5.74, 6) is 0. The van der Waals surface area contributed by atoms with Gasteiger partial charge >= 0.3 is 0 Å². The summed E-state index contributed by atoms with van der Waals surface area (Å²) in [5, 5.41) is 31.3. The molecule has 3 aliphatic rings. The SMILES string of the molecule is C1CCNCC1.OC1CCCCC1N=NC1CCCCC1O.[Cu]. The Balaban J connectivity index is 0.000000320. The summed E-state index contributed by atoms with van der Waals surface area (Å²) in [4.78, 5) is 0. The van der Waals surface area contributed by atoms with Crippen LogP contribution in [0, 0.1) is 0 Å². The largest absolute Gasteiger partial charge is 0.391 e. The molecule has 1 heterocycles. The van der Waals surface area contributed by atoms with Crippen molar-refractivity contribution < 1.29 is 27.3 Å². The van der Waals surface area contributed by atoms with E-state index < -0.39 is 0 Å². The van der Waals surface area contributed by atoms with Crippen LogP contribution in [0.1, 0.15) is 70.6 Å². The molecule has 3 rings (SSSR count). The maximum atomic E-state index is 9.75. The first-order valence-electron chi connectivity index (χ1n) is 9.24. The van der Waals surface area contributed by atoms with Gasteiger partial charge in [0.2, 0.25) is 0 Å². The summed E-state index contributed by atoms with van der Waals surface area (Å²) >= 11 is 0. The Kier molecular flexibility index (Phi) is 11.3. The standard InChI is InChI=1S/C12H22N2O2.C5H11N.Cu/c15-11-7-3-1-5-9(11)13-14-10-6-2-4-8-12(10)16;1-2-4-6-5-3-1;/h9-12,15-16H,1-8H2;6H,1-5H2;. The zero-order valence-corrected chi connectivity index (χ0v) is 15.0. The molecule has 1 saturated heterocycles. The monoisotopic (exact) mass is 374 g/mol. The van der Waals surface area contributed by atoms with E-state index in [4.69, 9.17) is 0 Å². The fraction of sp³-hybridized carbons (Fsp3) is 1.00. The molecule has 0 aromatic rings. The van der Waals surface area contributed by atoms with Crippen molar-refractivity contribution in [3.8, 4) is 0 Å². The maximum absolute atomic E-state index is 9.75. The van der Waals surface area contributed by atoms with Crippen LogP contribution in [-0.4, -0.2) is 47.6 Å². The second-order valence-electron chi connectivity index (χ2n) is 6.88. The van der Waals surface area contributed by atoms with Crippen molar-refractivity contribution in [2.45, 2.75) is 94.9 Å². The molecule has 5 nitrogen and oxygen atoms in total. The molecule has 0 spiro atoms. The van der Waals surface area contributed by atoms with Gasteiger partial charge in [0.1, 0.15) is 0 Å². The summed E-state index contributed by atoms with van der Waals surface area (Å²) in [7, 11) is 0. The summed E-state index contributed by atoms with van der Waals surface area (Å²) < 4.78 is 0. The Hall–Kier alpha value is -0.000519. The number of nitrogens with one attached hydrogen (secondary N) is 1. The summed E-state index contributed by atoms with van der Waals surface area (Å²) in [6.07, 6.45) is 11.6. The van der Waals surface area contributed by atoms with E-state index in [1.165, 1.54) is 32.4 Å². The average molecular weight is 375 g/mol. The molecule has 0 aromatic carbocycles. The third-order valence-corrected chi connectivity index (χ3v) is 4.96. The molecule has 0 bridgehead atoms. The summed E-state index contributed by atoms with van der Waals surface area (Å²) in [6, 6.07) is -0.0502. The zero-order valence-electron chi connectivity index (χ0n) is 14.1. The molecule has 0 amide bonds. The van der Waals surface area contributed by atoms with Gasteiger partial charge in [0.15, 0.2) is 0 Å². The number of aliphatic hydroxyl groups excluding tert-OH is 2. The number of aliphatic hydroxyl groups is 2. The Labute approximate surface area is 151 Å². The van der Waals surface area contributed by atoms with Crippen LogP contribution in [0.3, 0.4) is 0 Å². The quantitative estimate of drug-likeness (QED) is 0.513. The van der Waals surface area contributed by atoms with Gasteiger partial charge in [0, 0.05) is 17.1 Å². The van der Waals surface area contributed by atoms with Crippen molar-refractivity contribution in [3.05, 3.63) is 0 Å². The van der Waals surface area contributed by atoms with Gasteiger partial charge in [-0.15, -0.1) is 0 Å². The van der Waals surface area contributed by atoms with Crippen molar-refractivity contribution >= 4 is 0 Å². The molecule has 4 unspecified atom stereocenters. The molecule has 1 aliphatic heterocycles. The maximum Gasteiger partial charge on any atom is 0.0966 e. The van der Waals surface area contributed by atoms with Crippen LogP contribution in [0.2, 0.25) is 0 Å². The van der Waals surface area contributed by atoms with Crippen LogP contribution in [0.4, 0.5) is 0 Å². The van der Waals surface area contributed by atoms with E-state index in [2.05, 4.69) is 15.5 Å². The van der Waals surface area contributed by atoms with Crippen molar-refractivity contribution in [3.63, 3.8) is 0 Å². The van der Waals surface area contributed by atoms with Gasteiger partial charge in [-0.2, -0.15) is 10.2 Å². The fourth-order valence-corrected chi connectivity index (χ4v) is 3.43. The zero-order chi connectivity index (χ0) is 15.6. The first kappa shape index (κ1) is 21.0. The minimum Gasteiger partial charge on any atom is -0.391 e. The topological polar surface area (TPSA) is 77.2 Å². The number of rotatable bonds is 2. The molecule has 23 heavy (non-hydrogen) atoms. The molecular formula is C17H33CuN3O2. The van der Waals surface area contributed by atoms with Gasteiger partial charge in [-0.05, 0) is 51.6 Å². The van der Waals surface area contributed by atoms with Crippen LogP contribution in [0.15, 0.2) is 10.2 Å². The smallest absolute Gasteiger partial charge is 0.0966 e. The van der Waals surface area contributed by atoms with Gasteiger partial charge in [0.25, 0.3) is 0 Å². The van der Waals surface area contributed by atoms with Gasteiger partial charge in [-0.25, -0.2) is 0 Å². The van der Waals surface area contributed by atoms with E-state index in [1.807, 2.05) is 0 Å². The summed E-state index contributed by atoms with van der Waals surface area (Å²) in [5.41, 5.74) is 0. The van der Waals surface area contributed by atoms with Crippen molar-refractivity contribution in [1.82, 2.24) is 5.32 Å². The summed E-state index contributed by atoms with van der Waals surface area (Å²) in [6.45, 7) is 2.50. The Morgan fingerprint density at radius 3 is 1.35 bits per heavy atom. The molecule has 2 aliphatic carbocycles. The molecule has 3 fully saturated rings. The first-order valence-corrected chi connectivity index (χ1v) is 9.24. The van der Waals surface area contributed by atoms with Crippen LogP contribution >= 0.6 is 0 Å². The van der Waals surface area contributed by atoms with Gasteiger partial charge in [-0.3, -0.25) is 0 Å². The predicted molar refractivity (Wildman–Crippen MR) is 88.1 cm³/mol. The van der Waals surface area contributed by atoms with Crippen molar-refractivity contribution in [2.24, 2.45) is 10.2 Å². The van der Waals surface area contributed by atoms with Crippen LogP contribution < -0.4 is 5.32 Å². The molecule has 0 aromatic heterocycles. The molecular weight excluding hydrogens is 342 g/mol. The number of nitrogens with zero attached hydrogens (tertiary/aromatic N) is 2. The Morgan fingerprint density at radius 1 is 0.609 bits per heavy atom. The van der Waals surface area contributed by atoms with E-state index in [0.29, 0.717) is 0 Å². The molecule has 4 atom stereocenters. The second kappa shape index (κ2) is 12.4. The minimum absolute atomic E-state index is 0. The fourth-order valence-electron chi connectivity index (χ4n) is 3.43. The van der Waals surface area contributed by atoms with Gasteiger partial charge in [0.05, 0.1) is 24.3 Å². The third-order valence-electron chi connectivity index (χ3n) is 4.96. The molecule has 1 radical (unpaired) electrons. The van der Waals surface area contributed by atoms with E-state index in [0.717, 1.165) is 51.4 Å². The number of hydrogen-bond donors (Lipinski definition) is 3. The number of hydrogen-bond acceptors (Lipinski definition) is 5. The Bertz CT molecular complexity index is 291. The second-order valence-corrected chi connectivity index (χ2v) is 6.88. The molecule has 3 N–H and O–H groups in total. The van der Waals surface area contributed by atoms with Crippen LogP contribution in [0.25, 0.3) is 0 Å². The first-order chi connectivity index (χ1) is 10.8. The van der Waals surface area contributed by atoms with E-state index in [-0.39, 0.29) is 41.4 Å². The Morgan fingerprint density at radius 2 is 1.04 bits per heavy atom. The molecule has 2 saturated carbocycles. The average Bonchev–Trinajstić information content (AvgIpc) is 2.58. The van der Waals surface area contributed by atoms with E-state index >= 15 is 0 Å². The van der Waals surface area contributed by atoms with Crippen LogP contribution in [-0.2, 0) is 17.1 Å². The number of azo groups is 1. The minimum atomic E-state index is -0.321. The van der Waals surface area contributed by atoms with Crippen molar-refractivity contribution in [2.75, 3.05) is 13.1 Å². The van der Waals surface area contributed by atoms with Crippen LogP contribution in [0.5, 0.6) is 0 Å². The van der Waals surface area contributed by atoms with E-state index in [9.17, 15) is 10.2 Å². The predicted octanol–water partition coefficient (Wildman–Crippen LogP) is 2.80. The van der Waals surface area contributed by atoms with Gasteiger partial charge in [-0.1, -0.05) is 32.1 Å². The molecule has 6 heteroatoms. The van der Waals surface area contributed by atoms with E-state index in [1.54, 1.807) is 0 Å². The van der Waals surface area contributed by atoms with Gasteiger partial charge < -0.3 is 15.5 Å². The molecule has 139 valence electrons.